The maximum absolute atomic E-state index is 12.2. The van der Waals surface area contributed by atoms with Gasteiger partial charge in [0.15, 0.2) is 0 Å². The smallest absolute Gasteiger partial charge is 0.225 e. The Kier molecular flexibility index (Phi) is 6.57. The van der Waals surface area contributed by atoms with Gasteiger partial charge in [-0.1, -0.05) is 24.3 Å². The van der Waals surface area contributed by atoms with Crippen LogP contribution in [0.15, 0.2) is 54.7 Å². The van der Waals surface area contributed by atoms with Gasteiger partial charge >= 0.3 is 0 Å². The lowest BCUT2D eigenvalue weighted by molar-refractivity contribution is -0.117. The Morgan fingerprint density at radius 1 is 1.19 bits per heavy atom. The van der Waals surface area contributed by atoms with Gasteiger partial charge in [0.2, 0.25) is 5.91 Å². The molecular formula is C20H26N4O2. The second kappa shape index (κ2) is 9.31. The number of nitrogens with one attached hydrogen (secondary N) is 1. The lowest BCUT2D eigenvalue weighted by Gasteiger charge is -2.41. The number of para-hydroxylation sites is 1. The van der Waals surface area contributed by atoms with Crippen molar-refractivity contribution in [2.45, 2.75) is 19.6 Å². The van der Waals surface area contributed by atoms with Crippen LogP contribution >= 0.6 is 0 Å². The topological polar surface area (TPSA) is 57.7 Å². The molecule has 2 aromatic rings. The van der Waals surface area contributed by atoms with E-state index in [4.69, 9.17) is 4.74 Å². The van der Waals surface area contributed by atoms with Crippen LogP contribution in [-0.2, 0) is 9.53 Å². The number of piperazine rings is 1. The standard InChI is InChI=1S/C20H26N4O2/c1-2-26-20-16-24(18-10-6-7-12-21-18)15-14-23(20)13-11-19(25)22-17-8-4-3-5-9-17/h3-10,12,20H,2,11,13-16H2,1H3,(H,22,25). The number of nitrogens with zero attached hydrogens (tertiary/aromatic N) is 3. The van der Waals surface area contributed by atoms with Crippen molar-refractivity contribution in [1.29, 1.82) is 0 Å². The number of pyridine rings is 1. The van der Waals surface area contributed by atoms with Crippen molar-refractivity contribution in [3.05, 3.63) is 54.7 Å². The molecule has 1 N–H and O–H groups in total. The zero-order valence-corrected chi connectivity index (χ0v) is 15.2. The number of ether oxygens (including phenoxy) is 1. The summed E-state index contributed by atoms with van der Waals surface area (Å²) in [5.41, 5.74) is 0.832. The molecule has 6 nitrogen and oxygen atoms in total. The summed E-state index contributed by atoms with van der Waals surface area (Å²) in [5.74, 6) is 0.997. The van der Waals surface area contributed by atoms with E-state index >= 15 is 0 Å². The number of hydrogen-bond donors (Lipinski definition) is 1. The average molecular weight is 354 g/mol. The predicted octanol–water partition coefficient (Wildman–Crippen LogP) is 2.60. The molecule has 0 spiro atoms. The quantitative estimate of drug-likeness (QED) is 0.828. The Balaban J connectivity index is 1.53. The van der Waals surface area contributed by atoms with Crippen molar-refractivity contribution in [2.75, 3.05) is 43.0 Å². The fourth-order valence-electron chi connectivity index (χ4n) is 3.13. The highest BCUT2D eigenvalue weighted by molar-refractivity contribution is 5.90. The van der Waals surface area contributed by atoms with Crippen LogP contribution in [-0.4, -0.2) is 54.8 Å². The van der Waals surface area contributed by atoms with Gasteiger partial charge in [0.1, 0.15) is 12.0 Å². The summed E-state index contributed by atoms with van der Waals surface area (Å²) in [6.45, 7) is 5.80. The van der Waals surface area contributed by atoms with Gasteiger partial charge in [-0.05, 0) is 31.2 Å². The molecule has 1 saturated heterocycles. The Morgan fingerprint density at radius 3 is 2.73 bits per heavy atom. The molecule has 3 rings (SSSR count). The third-order valence-corrected chi connectivity index (χ3v) is 4.46. The maximum atomic E-state index is 12.2. The molecule has 26 heavy (non-hydrogen) atoms. The molecule has 0 radical (unpaired) electrons. The van der Waals surface area contributed by atoms with Gasteiger partial charge in [0, 0.05) is 44.5 Å². The molecule has 6 heteroatoms. The molecule has 1 aromatic carbocycles. The van der Waals surface area contributed by atoms with Crippen molar-refractivity contribution < 1.29 is 9.53 Å². The second-order valence-electron chi connectivity index (χ2n) is 6.24. The van der Waals surface area contributed by atoms with Crippen molar-refractivity contribution >= 4 is 17.4 Å². The maximum Gasteiger partial charge on any atom is 0.225 e. The lowest BCUT2D eigenvalue weighted by atomic mass is 10.2. The van der Waals surface area contributed by atoms with Crippen LogP contribution in [0.4, 0.5) is 11.5 Å². The third-order valence-electron chi connectivity index (χ3n) is 4.46. The van der Waals surface area contributed by atoms with Crippen molar-refractivity contribution in [1.82, 2.24) is 9.88 Å². The van der Waals surface area contributed by atoms with Crippen molar-refractivity contribution in [3.8, 4) is 0 Å². The molecular weight excluding hydrogens is 328 g/mol. The van der Waals surface area contributed by atoms with E-state index in [9.17, 15) is 4.79 Å². The van der Waals surface area contributed by atoms with Crippen molar-refractivity contribution in [2.24, 2.45) is 0 Å². The number of rotatable bonds is 7. The summed E-state index contributed by atoms with van der Waals surface area (Å²) < 4.78 is 5.92. The molecule has 0 saturated carbocycles. The molecule has 0 aliphatic carbocycles. The second-order valence-corrected chi connectivity index (χ2v) is 6.24. The normalized spacial score (nSPS) is 17.9. The third kappa shape index (κ3) is 5.03. The average Bonchev–Trinajstić information content (AvgIpc) is 2.69. The molecule has 0 bridgehead atoms. The largest absolute Gasteiger partial charge is 0.362 e. The first-order valence-corrected chi connectivity index (χ1v) is 9.13. The fourth-order valence-corrected chi connectivity index (χ4v) is 3.13. The molecule has 1 amide bonds. The minimum atomic E-state index is -0.0275. The minimum absolute atomic E-state index is 0.0265. The Bertz CT molecular complexity index is 681. The van der Waals surface area contributed by atoms with Gasteiger partial charge in [-0.3, -0.25) is 9.69 Å². The first kappa shape index (κ1) is 18.4. The predicted molar refractivity (Wildman–Crippen MR) is 103 cm³/mol. The number of carbonyl (C=O) groups is 1. The minimum Gasteiger partial charge on any atom is -0.362 e. The molecule has 1 fully saturated rings. The van der Waals surface area contributed by atoms with Crippen molar-refractivity contribution in [3.63, 3.8) is 0 Å². The van der Waals surface area contributed by atoms with Crippen LogP contribution in [0.5, 0.6) is 0 Å². The summed E-state index contributed by atoms with van der Waals surface area (Å²) in [6.07, 6.45) is 2.23. The first-order valence-electron chi connectivity index (χ1n) is 9.13. The van der Waals surface area contributed by atoms with Gasteiger partial charge < -0.3 is 15.0 Å². The fraction of sp³-hybridized carbons (Fsp3) is 0.400. The van der Waals surface area contributed by atoms with Gasteiger partial charge in [-0.15, -0.1) is 0 Å². The molecule has 1 atom stereocenters. The summed E-state index contributed by atoms with van der Waals surface area (Å²) >= 11 is 0. The Hall–Kier alpha value is -2.44. The number of benzene rings is 1. The van der Waals surface area contributed by atoms with Gasteiger partial charge in [0.25, 0.3) is 0 Å². The SMILES string of the molecule is CCOC1CN(c2ccccn2)CCN1CCC(=O)Nc1ccccc1. The highest BCUT2D eigenvalue weighted by Crippen LogP contribution is 2.18. The molecule has 1 aliphatic heterocycles. The van der Waals surface area contributed by atoms with E-state index in [1.54, 1.807) is 0 Å². The van der Waals surface area contributed by atoms with E-state index < -0.39 is 0 Å². The van der Waals surface area contributed by atoms with Crippen LogP contribution < -0.4 is 10.2 Å². The van der Waals surface area contributed by atoms with E-state index in [0.717, 1.165) is 31.1 Å². The van der Waals surface area contributed by atoms with E-state index in [0.29, 0.717) is 19.6 Å². The van der Waals surface area contributed by atoms with E-state index in [1.807, 2.05) is 61.7 Å². The Morgan fingerprint density at radius 2 is 2.00 bits per heavy atom. The monoisotopic (exact) mass is 354 g/mol. The summed E-state index contributed by atoms with van der Waals surface area (Å²) in [5, 5.41) is 2.94. The zero-order valence-electron chi connectivity index (χ0n) is 15.2. The molecule has 1 aliphatic rings. The van der Waals surface area contributed by atoms with Gasteiger partial charge in [0.05, 0.1) is 6.54 Å². The molecule has 138 valence electrons. The van der Waals surface area contributed by atoms with Crippen LogP contribution in [0, 0.1) is 0 Å². The molecule has 2 heterocycles. The van der Waals surface area contributed by atoms with Gasteiger partial charge in [-0.25, -0.2) is 4.98 Å². The zero-order chi connectivity index (χ0) is 18.2. The highest BCUT2D eigenvalue weighted by Gasteiger charge is 2.28. The summed E-state index contributed by atoms with van der Waals surface area (Å²) in [4.78, 5) is 21.1. The Labute approximate surface area is 154 Å². The van der Waals surface area contributed by atoms with Crippen LogP contribution in [0.1, 0.15) is 13.3 Å². The highest BCUT2D eigenvalue weighted by atomic mass is 16.5. The summed E-state index contributed by atoms with van der Waals surface area (Å²) in [6, 6.07) is 15.5. The number of aromatic nitrogens is 1. The van der Waals surface area contributed by atoms with Gasteiger partial charge in [-0.2, -0.15) is 0 Å². The lowest BCUT2D eigenvalue weighted by Crippen LogP contribution is -2.55. The molecule has 1 aromatic heterocycles. The van der Waals surface area contributed by atoms with E-state index in [2.05, 4.69) is 20.1 Å². The van der Waals surface area contributed by atoms with E-state index in [1.165, 1.54) is 0 Å². The van der Waals surface area contributed by atoms with Crippen LogP contribution in [0.3, 0.4) is 0 Å². The number of hydrogen-bond acceptors (Lipinski definition) is 5. The van der Waals surface area contributed by atoms with Crippen LogP contribution in [0.2, 0.25) is 0 Å². The number of amides is 1. The van der Waals surface area contributed by atoms with E-state index in [-0.39, 0.29) is 12.1 Å². The van der Waals surface area contributed by atoms with Crippen LogP contribution in [0.25, 0.3) is 0 Å². The number of anilines is 2. The molecule has 1 unspecified atom stereocenters. The number of carbonyl (C=O) groups excluding carboxylic acids is 1. The first-order chi connectivity index (χ1) is 12.8. The summed E-state index contributed by atoms with van der Waals surface area (Å²) in [7, 11) is 0.